The van der Waals surface area contributed by atoms with Crippen LogP contribution in [-0.4, -0.2) is 18.3 Å². The predicted molar refractivity (Wildman–Crippen MR) is 64.1 cm³/mol. The maximum atomic E-state index is 12.1. The smallest absolute Gasteiger partial charge is 0.226 e. The van der Waals surface area contributed by atoms with Crippen molar-refractivity contribution in [1.82, 2.24) is 5.32 Å². The number of amides is 1. The van der Waals surface area contributed by atoms with E-state index in [0.29, 0.717) is 18.3 Å². The van der Waals surface area contributed by atoms with E-state index < -0.39 is 0 Å². The first kappa shape index (κ1) is 12.8. The minimum atomic E-state index is -0.0635. The zero-order chi connectivity index (χ0) is 11.3. The fourth-order valence-electron chi connectivity index (χ4n) is 2.30. The highest BCUT2D eigenvalue weighted by Crippen LogP contribution is 2.41. The van der Waals surface area contributed by atoms with Gasteiger partial charge < -0.3 is 5.32 Å². The van der Waals surface area contributed by atoms with Crippen LogP contribution >= 0.6 is 11.6 Å². The summed E-state index contributed by atoms with van der Waals surface area (Å²) in [5.74, 6) is 1.23. The quantitative estimate of drug-likeness (QED) is 0.725. The molecule has 1 aliphatic carbocycles. The standard InChI is InChI=1S/C12H22ClNO/c1-3-12(6-4-5-7-12)11(15)14-9-10(2)8-13/h10H,3-9H2,1-2H3,(H,14,15). The van der Waals surface area contributed by atoms with Crippen molar-refractivity contribution >= 4 is 17.5 Å². The van der Waals surface area contributed by atoms with Gasteiger partial charge in [0.2, 0.25) is 5.91 Å². The van der Waals surface area contributed by atoms with E-state index in [1.165, 1.54) is 12.8 Å². The first-order valence-electron chi connectivity index (χ1n) is 5.99. The molecular weight excluding hydrogens is 210 g/mol. The summed E-state index contributed by atoms with van der Waals surface area (Å²) in [6, 6.07) is 0. The molecule has 0 radical (unpaired) electrons. The number of halogens is 1. The van der Waals surface area contributed by atoms with Crippen molar-refractivity contribution in [2.45, 2.75) is 46.0 Å². The molecule has 0 aromatic carbocycles. The van der Waals surface area contributed by atoms with Gasteiger partial charge in [0.25, 0.3) is 0 Å². The molecule has 1 saturated carbocycles. The van der Waals surface area contributed by atoms with Crippen LogP contribution in [0.15, 0.2) is 0 Å². The van der Waals surface area contributed by atoms with Crippen molar-refractivity contribution in [2.24, 2.45) is 11.3 Å². The maximum absolute atomic E-state index is 12.1. The van der Waals surface area contributed by atoms with Gasteiger partial charge >= 0.3 is 0 Å². The number of hydrogen-bond acceptors (Lipinski definition) is 1. The molecule has 1 fully saturated rings. The van der Waals surface area contributed by atoms with Gasteiger partial charge in [0.15, 0.2) is 0 Å². The lowest BCUT2D eigenvalue weighted by Crippen LogP contribution is -2.40. The summed E-state index contributed by atoms with van der Waals surface area (Å²) in [6.07, 6.45) is 5.49. The lowest BCUT2D eigenvalue weighted by molar-refractivity contribution is -0.131. The van der Waals surface area contributed by atoms with E-state index in [0.717, 1.165) is 19.3 Å². The Hall–Kier alpha value is -0.240. The Balaban J connectivity index is 2.44. The zero-order valence-corrected chi connectivity index (χ0v) is 10.6. The third-order valence-electron chi connectivity index (χ3n) is 3.59. The van der Waals surface area contributed by atoms with Crippen molar-refractivity contribution in [2.75, 3.05) is 12.4 Å². The Kier molecular flexibility index (Phi) is 4.91. The summed E-state index contributed by atoms with van der Waals surface area (Å²) in [6.45, 7) is 4.89. The molecule has 0 bridgehead atoms. The summed E-state index contributed by atoms with van der Waals surface area (Å²) in [7, 11) is 0. The molecule has 0 aromatic rings. The molecule has 15 heavy (non-hydrogen) atoms. The van der Waals surface area contributed by atoms with Crippen molar-refractivity contribution in [3.8, 4) is 0 Å². The minimum Gasteiger partial charge on any atom is -0.355 e. The van der Waals surface area contributed by atoms with Crippen molar-refractivity contribution in [3.05, 3.63) is 0 Å². The number of carbonyl (C=O) groups is 1. The molecule has 1 N–H and O–H groups in total. The molecule has 0 spiro atoms. The number of alkyl halides is 1. The number of carbonyl (C=O) groups excluding carboxylic acids is 1. The van der Waals surface area contributed by atoms with Crippen molar-refractivity contribution in [1.29, 1.82) is 0 Å². The highest BCUT2D eigenvalue weighted by atomic mass is 35.5. The Bertz CT molecular complexity index is 212. The van der Waals surface area contributed by atoms with Crippen LogP contribution in [0.2, 0.25) is 0 Å². The Morgan fingerprint density at radius 1 is 1.47 bits per heavy atom. The van der Waals surface area contributed by atoms with Crippen LogP contribution in [0, 0.1) is 11.3 Å². The van der Waals surface area contributed by atoms with E-state index in [9.17, 15) is 4.79 Å². The van der Waals surface area contributed by atoms with Gasteiger partial charge in [0, 0.05) is 17.8 Å². The topological polar surface area (TPSA) is 29.1 Å². The fourth-order valence-corrected chi connectivity index (χ4v) is 2.41. The molecule has 1 atom stereocenters. The molecule has 0 saturated heterocycles. The number of nitrogens with one attached hydrogen (secondary N) is 1. The Morgan fingerprint density at radius 2 is 2.07 bits per heavy atom. The average molecular weight is 232 g/mol. The van der Waals surface area contributed by atoms with Gasteiger partial charge in [-0.25, -0.2) is 0 Å². The van der Waals surface area contributed by atoms with Crippen LogP contribution in [-0.2, 0) is 4.79 Å². The van der Waals surface area contributed by atoms with Crippen molar-refractivity contribution in [3.63, 3.8) is 0 Å². The summed E-state index contributed by atoms with van der Waals surface area (Å²) >= 11 is 5.71. The fraction of sp³-hybridized carbons (Fsp3) is 0.917. The van der Waals surface area contributed by atoms with Gasteiger partial charge in [-0.1, -0.05) is 26.7 Å². The lowest BCUT2D eigenvalue weighted by Gasteiger charge is -2.26. The highest BCUT2D eigenvalue weighted by molar-refractivity contribution is 6.18. The molecule has 1 aliphatic rings. The molecule has 3 heteroatoms. The summed E-state index contributed by atoms with van der Waals surface area (Å²) in [5.41, 5.74) is -0.0635. The van der Waals surface area contributed by atoms with E-state index in [-0.39, 0.29) is 11.3 Å². The van der Waals surface area contributed by atoms with Crippen LogP contribution in [0.1, 0.15) is 46.0 Å². The van der Waals surface area contributed by atoms with Crippen molar-refractivity contribution < 1.29 is 4.79 Å². The molecule has 1 unspecified atom stereocenters. The molecule has 1 amide bonds. The van der Waals surface area contributed by atoms with Crippen LogP contribution in [0.25, 0.3) is 0 Å². The van der Waals surface area contributed by atoms with Gasteiger partial charge in [0.1, 0.15) is 0 Å². The number of rotatable bonds is 5. The zero-order valence-electron chi connectivity index (χ0n) is 9.81. The minimum absolute atomic E-state index is 0.0635. The second kappa shape index (κ2) is 5.74. The molecule has 1 rings (SSSR count). The second-order valence-corrected chi connectivity index (χ2v) is 5.12. The third kappa shape index (κ3) is 3.10. The lowest BCUT2D eigenvalue weighted by atomic mass is 9.82. The van der Waals surface area contributed by atoms with E-state index in [2.05, 4.69) is 19.2 Å². The van der Waals surface area contributed by atoms with E-state index in [1.54, 1.807) is 0 Å². The second-order valence-electron chi connectivity index (χ2n) is 4.81. The molecule has 88 valence electrons. The largest absolute Gasteiger partial charge is 0.355 e. The molecule has 0 heterocycles. The molecule has 2 nitrogen and oxygen atoms in total. The van der Waals surface area contributed by atoms with E-state index in [4.69, 9.17) is 11.6 Å². The maximum Gasteiger partial charge on any atom is 0.226 e. The highest BCUT2D eigenvalue weighted by Gasteiger charge is 2.38. The normalized spacial score (nSPS) is 21.3. The Morgan fingerprint density at radius 3 is 2.53 bits per heavy atom. The SMILES string of the molecule is CCC1(C(=O)NCC(C)CCl)CCCC1. The van der Waals surface area contributed by atoms with Gasteiger partial charge in [-0.15, -0.1) is 11.6 Å². The van der Waals surface area contributed by atoms with Crippen LogP contribution in [0.5, 0.6) is 0 Å². The molecule has 0 aromatic heterocycles. The Labute approximate surface area is 97.8 Å². The molecular formula is C12H22ClNO. The summed E-state index contributed by atoms with van der Waals surface area (Å²) in [4.78, 5) is 12.1. The van der Waals surface area contributed by atoms with Crippen LogP contribution in [0.3, 0.4) is 0 Å². The first-order valence-corrected chi connectivity index (χ1v) is 6.52. The van der Waals surface area contributed by atoms with Gasteiger partial charge in [-0.05, 0) is 25.2 Å². The third-order valence-corrected chi connectivity index (χ3v) is 4.12. The van der Waals surface area contributed by atoms with Crippen LogP contribution in [0.4, 0.5) is 0 Å². The predicted octanol–water partition coefficient (Wildman–Crippen LogP) is 2.95. The molecule has 0 aliphatic heterocycles. The van der Waals surface area contributed by atoms with Gasteiger partial charge in [0.05, 0.1) is 0 Å². The number of hydrogen-bond donors (Lipinski definition) is 1. The van der Waals surface area contributed by atoms with Crippen LogP contribution < -0.4 is 5.32 Å². The average Bonchev–Trinajstić information content (AvgIpc) is 2.75. The van der Waals surface area contributed by atoms with E-state index >= 15 is 0 Å². The van der Waals surface area contributed by atoms with Gasteiger partial charge in [-0.2, -0.15) is 0 Å². The summed E-state index contributed by atoms with van der Waals surface area (Å²) < 4.78 is 0. The first-order chi connectivity index (χ1) is 7.14. The van der Waals surface area contributed by atoms with Gasteiger partial charge in [-0.3, -0.25) is 4.79 Å². The summed E-state index contributed by atoms with van der Waals surface area (Å²) in [5, 5.41) is 3.04. The monoisotopic (exact) mass is 231 g/mol. The van der Waals surface area contributed by atoms with E-state index in [1.807, 2.05) is 0 Å².